The molecule has 0 aromatic heterocycles. The van der Waals surface area contributed by atoms with Crippen molar-refractivity contribution in [2.45, 2.75) is 19.9 Å². The first kappa shape index (κ1) is 16.3. The molecule has 0 atom stereocenters. The summed E-state index contributed by atoms with van der Waals surface area (Å²) in [5.74, 6) is 0.0916. The number of benzene rings is 1. The number of hydrogen-bond donors (Lipinski definition) is 1. The Morgan fingerprint density at radius 2 is 1.76 bits per heavy atom. The number of rotatable bonds is 6. The van der Waals surface area contributed by atoms with E-state index in [-0.39, 0.29) is 5.91 Å². The third-order valence-corrected chi connectivity index (χ3v) is 4.03. The zero-order valence-electron chi connectivity index (χ0n) is 12.6. The maximum Gasteiger partial charge on any atom is 0.234 e. The van der Waals surface area contributed by atoms with Crippen LogP contribution in [0.25, 0.3) is 0 Å². The van der Waals surface area contributed by atoms with Crippen molar-refractivity contribution < 1.29 is 4.79 Å². The molecule has 0 radical (unpaired) electrons. The molecule has 4 nitrogen and oxygen atoms in total. The molecule has 0 unspecified atom stereocenters. The minimum absolute atomic E-state index is 0.0916. The SMILES string of the molecule is CCCN1CCN(CC(=O)NCc2ccc(Cl)cc2)CC1. The van der Waals surface area contributed by atoms with Crippen LogP contribution >= 0.6 is 11.6 Å². The second kappa shape index (κ2) is 8.37. The lowest BCUT2D eigenvalue weighted by atomic mass is 10.2. The van der Waals surface area contributed by atoms with Gasteiger partial charge in [0.05, 0.1) is 6.54 Å². The highest BCUT2D eigenvalue weighted by atomic mass is 35.5. The number of piperazine rings is 1. The molecule has 116 valence electrons. The smallest absolute Gasteiger partial charge is 0.234 e. The Kier molecular flexibility index (Phi) is 6.49. The van der Waals surface area contributed by atoms with E-state index in [2.05, 4.69) is 22.0 Å². The molecule has 5 heteroatoms. The number of carbonyl (C=O) groups excluding carboxylic acids is 1. The first-order valence-corrected chi connectivity index (χ1v) is 8.01. The van der Waals surface area contributed by atoms with Crippen LogP contribution in [0.15, 0.2) is 24.3 Å². The molecule has 0 spiro atoms. The molecular weight excluding hydrogens is 286 g/mol. The van der Waals surface area contributed by atoms with E-state index in [0.717, 1.165) is 43.3 Å². The summed E-state index contributed by atoms with van der Waals surface area (Å²) >= 11 is 5.84. The molecule has 21 heavy (non-hydrogen) atoms. The van der Waals surface area contributed by atoms with Gasteiger partial charge in [-0.2, -0.15) is 0 Å². The summed E-state index contributed by atoms with van der Waals surface area (Å²) in [6.45, 7) is 8.52. The van der Waals surface area contributed by atoms with Crippen LogP contribution in [0, 0.1) is 0 Å². The van der Waals surface area contributed by atoms with Gasteiger partial charge in [-0.15, -0.1) is 0 Å². The molecule has 1 aromatic carbocycles. The van der Waals surface area contributed by atoms with E-state index in [1.807, 2.05) is 24.3 Å². The normalized spacial score (nSPS) is 16.9. The van der Waals surface area contributed by atoms with Crippen molar-refractivity contribution in [1.82, 2.24) is 15.1 Å². The van der Waals surface area contributed by atoms with Gasteiger partial charge < -0.3 is 10.2 Å². The fourth-order valence-electron chi connectivity index (χ4n) is 2.55. The van der Waals surface area contributed by atoms with E-state index in [1.54, 1.807) is 0 Å². The quantitative estimate of drug-likeness (QED) is 0.873. The molecule has 0 bridgehead atoms. The second-order valence-corrected chi connectivity index (χ2v) is 5.96. The van der Waals surface area contributed by atoms with Crippen molar-refractivity contribution in [3.63, 3.8) is 0 Å². The van der Waals surface area contributed by atoms with Crippen LogP contribution < -0.4 is 5.32 Å². The van der Waals surface area contributed by atoms with Gasteiger partial charge in [-0.1, -0.05) is 30.7 Å². The first-order chi connectivity index (χ1) is 10.2. The molecule has 1 heterocycles. The fraction of sp³-hybridized carbons (Fsp3) is 0.562. The number of carbonyl (C=O) groups is 1. The number of halogens is 1. The van der Waals surface area contributed by atoms with Crippen molar-refractivity contribution in [2.24, 2.45) is 0 Å². The topological polar surface area (TPSA) is 35.6 Å². The highest BCUT2D eigenvalue weighted by molar-refractivity contribution is 6.30. The number of hydrogen-bond acceptors (Lipinski definition) is 3. The maximum atomic E-state index is 12.0. The second-order valence-electron chi connectivity index (χ2n) is 5.52. The average molecular weight is 310 g/mol. The minimum Gasteiger partial charge on any atom is -0.351 e. The molecule has 1 N–H and O–H groups in total. The lowest BCUT2D eigenvalue weighted by Crippen LogP contribution is -2.49. The minimum atomic E-state index is 0.0916. The van der Waals surface area contributed by atoms with Gasteiger partial charge in [0.2, 0.25) is 5.91 Å². The highest BCUT2D eigenvalue weighted by Crippen LogP contribution is 2.09. The average Bonchev–Trinajstić information content (AvgIpc) is 2.49. The van der Waals surface area contributed by atoms with E-state index in [9.17, 15) is 4.79 Å². The molecule has 1 aromatic rings. The van der Waals surface area contributed by atoms with Gasteiger partial charge >= 0.3 is 0 Å². The van der Waals surface area contributed by atoms with E-state index in [1.165, 1.54) is 6.42 Å². The molecule has 0 aliphatic carbocycles. The van der Waals surface area contributed by atoms with Crippen LogP contribution in [0.4, 0.5) is 0 Å². The number of nitrogens with one attached hydrogen (secondary N) is 1. The third kappa shape index (κ3) is 5.65. The summed E-state index contributed by atoms with van der Waals surface area (Å²) in [7, 11) is 0. The van der Waals surface area contributed by atoms with E-state index >= 15 is 0 Å². The summed E-state index contributed by atoms with van der Waals surface area (Å²) in [6.07, 6.45) is 1.20. The Morgan fingerprint density at radius 1 is 1.14 bits per heavy atom. The van der Waals surface area contributed by atoms with Gasteiger partial charge in [0.15, 0.2) is 0 Å². The molecule has 1 saturated heterocycles. The van der Waals surface area contributed by atoms with Gasteiger partial charge in [0, 0.05) is 37.7 Å². The van der Waals surface area contributed by atoms with Crippen LogP contribution in [-0.4, -0.2) is 55.0 Å². The van der Waals surface area contributed by atoms with Gasteiger partial charge in [-0.25, -0.2) is 0 Å². The zero-order valence-corrected chi connectivity index (χ0v) is 13.4. The van der Waals surface area contributed by atoms with Gasteiger partial charge in [0.1, 0.15) is 0 Å². The van der Waals surface area contributed by atoms with Gasteiger partial charge in [-0.05, 0) is 30.7 Å². The van der Waals surface area contributed by atoms with Gasteiger partial charge in [0.25, 0.3) is 0 Å². The third-order valence-electron chi connectivity index (χ3n) is 3.77. The molecule has 0 saturated carbocycles. The Labute approximate surface area is 132 Å². The highest BCUT2D eigenvalue weighted by Gasteiger charge is 2.17. The molecule has 1 aliphatic heterocycles. The lowest BCUT2D eigenvalue weighted by Gasteiger charge is -2.34. The monoisotopic (exact) mass is 309 g/mol. The first-order valence-electron chi connectivity index (χ1n) is 7.63. The Morgan fingerprint density at radius 3 is 2.38 bits per heavy atom. The van der Waals surface area contributed by atoms with Crippen molar-refractivity contribution >= 4 is 17.5 Å². The van der Waals surface area contributed by atoms with Crippen LogP contribution in [0.5, 0.6) is 0 Å². The summed E-state index contributed by atoms with van der Waals surface area (Å²) in [5.41, 5.74) is 1.07. The lowest BCUT2D eigenvalue weighted by molar-refractivity contribution is -0.122. The van der Waals surface area contributed by atoms with Crippen molar-refractivity contribution in [3.8, 4) is 0 Å². The maximum absolute atomic E-state index is 12.0. The van der Waals surface area contributed by atoms with Crippen LogP contribution in [0.3, 0.4) is 0 Å². The number of nitrogens with zero attached hydrogens (tertiary/aromatic N) is 2. The van der Waals surface area contributed by atoms with Crippen molar-refractivity contribution in [1.29, 1.82) is 0 Å². The van der Waals surface area contributed by atoms with Crippen molar-refractivity contribution in [2.75, 3.05) is 39.3 Å². The molecule has 1 amide bonds. The van der Waals surface area contributed by atoms with Gasteiger partial charge in [-0.3, -0.25) is 9.69 Å². The Balaban J connectivity index is 1.67. The fourth-order valence-corrected chi connectivity index (χ4v) is 2.68. The Bertz CT molecular complexity index is 441. The summed E-state index contributed by atoms with van der Waals surface area (Å²) < 4.78 is 0. The van der Waals surface area contributed by atoms with Crippen LogP contribution in [0.1, 0.15) is 18.9 Å². The summed E-state index contributed by atoms with van der Waals surface area (Å²) in [6, 6.07) is 7.56. The number of amides is 1. The van der Waals surface area contributed by atoms with E-state index < -0.39 is 0 Å². The molecule has 1 fully saturated rings. The van der Waals surface area contributed by atoms with Crippen LogP contribution in [0.2, 0.25) is 5.02 Å². The summed E-state index contributed by atoms with van der Waals surface area (Å²) in [4.78, 5) is 16.7. The predicted molar refractivity (Wildman–Crippen MR) is 86.5 cm³/mol. The predicted octanol–water partition coefficient (Wildman–Crippen LogP) is 1.98. The summed E-state index contributed by atoms with van der Waals surface area (Å²) in [5, 5.41) is 3.68. The van der Waals surface area contributed by atoms with E-state index in [4.69, 9.17) is 11.6 Å². The standard InChI is InChI=1S/C16H24ClN3O/c1-2-7-19-8-10-20(11-9-19)13-16(21)18-12-14-3-5-15(17)6-4-14/h3-6H,2,7-13H2,1H3,(H,18,21). The molecule has 2 rings (SSSR count). The van der Waals surface area contributed by atoms with E-state index in [0.29, 0.717) is 13.1 Å². The van der Waals surface area contributed by atoms with Crippen LogP contribution in [-0.2, 0) is 11.3 Å². The van der Waals surface area contributed by atoms with Crippen molar-refractivity contribution in [3.05, 3.63) is 34.9 Å². The Hall–Kier alpha value is -1.10. The largest absolute Gasteiger partial charge is 0.351 e. The molecular formula is C16H24ClN3O. The molecule has 1 aliphatic rings. The zero-order chi connectivity index (χ0) is 15.1.